The molecule has 1 aliphatic rings. The van der Waals surface area contributed by atoms with Gasteiger partial charge in [-0.15, -0.1) is 5.10 Å². The zero-order chi connectivity index (χ0) is 25.4. The molecule has 1 N–H and O–H groups in total. The van der Waals surface area contributed by atoms with E-state index >= 15 is 4.39 Å². The Morgan fingerprint density at radius 2 is 1.94 bits per heavy atom. The Labute approximate surface area is 206 Å². The van der Waals surface area contributed by atoms with E-state index in [1.807, 2.05) is 13.0 Å². The fraction of sp³-hybridized carbons (Fsp3) is 0.259. The highest BCUT2D eigenvalue weighted by Crippen LogP contribution is 2.37. The Hall–Kier alpha value is -4.16. The van der Waals surface area contributed by atoms with E-state index < -0.39 is 11.6 Å². The Morgan fingerprint density at radius 1 is 1.11 bits per heavy atom. The quantitative estimate of drug-likeness (QED) is 0.455. The molecule has 7 nitrogen and oxygen atoms in total. The van der Waals surface area contributed by atoms with Crippen LogP contribution < -0.4 is 5.32 Å². The van der Waals surface area contributed by atoms with Crippen molar-refractivity contribution in [2.75, 3.05) is 19.6 Å². The van der Waals surface area contributed by atoms with Gasteiger partial charge in [0, 0.05) is 43.4 Å². The molecule has 2 heterocycles. The van der Waals surface area contributed by atoms with Crippen LogP contribution in [0.4, 0.5) is 8.78 Å². The lowest BCUT2D eigenvalue weighted by Gasteiger charge is -2.19. The van der Waals surface area contributed by atoms with Gasteiger partial charge in [-0.3, -0.25) is 4.79 Å². The molecule has 3 aromatic carbocycles. The van der Waals surface area contributed by atoms with Gasteiger partial charge in [0.2, 0.25) is 0 Å². The first kappa shape index (κ1) is 23.6. The van der Waals surface area contributed by atoms with Crippen molar-refractivity contribution < 1.29 is 13.6 Å². The van der Waals surface area contributed by atoms with Crippen molar-refractivity contribution in [1.29, 1.82) is 5.26 Å². The fourth-order valence-electron chi connectivity index (χ4n) is 4.77. The van der Waals surface area contributed by atoms with E-state index in [1.165, 1.54) is 22.9 Å². The Balaban J connectivity index is 1.63. The van der Waals surface area contributed by atoms with E-state index in [0.717, 1.165) is 13.0 Å². The van der Waals surface area contributed by atoms with Crippen LogP contribution in [0.15, 0.2) is 48.5 Å². The molecule has 4 aromatic rings. The number of halogens is 2. The van der Waals surface area contributed by atoms with Gasteiger partial charge >= 0.3 is 0 Å². The number of likely N-dealkylation sites (tertiary alicyclic amines) is 1. The SMILES string of the molecule is CCN[C@H]1CCN(C(=O)c2ccc(-c3cc4nnn(C)c4cc3F)c(-c3ccc(C#N)c(F)c3)c2)C1. The number of carbonyl (C=O) groups excluding carboxylic acids is 1. The van der Waals surface area contributed by atoms with Gasteiger partial charge in [0.1, 0.15) is 23.2 Å². The highest BCUT2D eigenvalue weighted by Gasteiger charge is 2.27. The Bertz CT molecular complexity index is 1520. The molecule has 0 bridgehead atoms. The van der Waals surface area contributed by atoms with Crippen LogP contribution in [0.25, 0.3) is 33.3 Å². The molecule has 0 radical (unpaired) electrons. The largest absolute Gasteiger partial charge is 0.337 e. The lowest BCUT2D eigenvalue weighted by atomic mass is 9.91. The Kier molecular flexibility index (Phi) is 6.20. The number of benzene rings is 3. The molecule has 0 spiro atoms. The van der Waals surface area contributed by atoms with Gasteiger partial charge in [0.25, 0.3) is 5.91 Å². The summed E-state index contributed by atoms with van der Waals surface area (Å²) in [5.41, 5.74) is 3.04. The summed E-state index contributed by atoms with van der Waals surface area (Å²) in [5, 5.41) is 20.5. The highest BCUT2D eigenvalue weighted by atomic mass is 19.1. The first-order valence-corrected chi connectivity index (χ1v) is 11.8. The number of fused-ring (bicyclic) bond motifs is 1. The maximum atomic E-state index is 15.3. The molecule has 1 atom stereocenters. The van der Waals surface area contributed by atoms with Gasteiger partial charge in [-0.2, -0.15) is 5.26 Å². The van der Waals surface area contributed by atoms with Crippen LogP contribution in [-0.4, -0.2) is 51.5 Å². The van der Waals surface area contributed by atoms with E-state index in [4.69, 9.17) is 5.26 Å². The van der Waals surface area contributed by atoms with Crippen molar-refractivity contribution in [1.82, 2.24) is 25.2 Å². The number of hydrogen-bond acceptors (Lipinski definition) is 5. The van der Waals surface area contributed by atoms with Gasteiger partial charge in [-0.05, 0) is 60.0 Å². The topological polar surface area (TPSA) is 86.8 Å². The van der Waals surface area contributed by atoms with Gasteiger partial charge in [-0.1, -0.05) is 24.3 Å². The van der Waals surface area contributed by atoms with Crippen LogP contribution in [0.3, 0.4) is 0 Å². The number of amides is 1. The first-order chi connectivity index (χ1) is 17.4. The molecule has 0 aliphatic carbocycles. The summed E-state index contributed by atoms with van der Waals surface area (Å²) in [6, 6.07) is 14.3. The number of nitrogens with one attached hydrogen (secondary N) is 1. The molecule has 1 amide bonds. The summed E-state index contributed by atoms with van der Waals surface area (Å²) >= 11 is 0. The van der Waals surface area contributed by atoms with Crippen LogP contribution in [0.2, 0.25) is 0 Å². The molecule has 0 saturated carbocycles. The normalized spacial score (nSPS) is 15.4. The molecule has 0 unspecified atom stereocenters. The van der Waals surface area contributed by atoms with E-state index in [1.54, 1.807) is 42.3 Å². The predicted octanol–water partition coefficient (Wildman–Crippen LogP) is 4.28. The number of likely N-dealkylation sites (N-methyl/N-ethyl adjacent to an activating group) is 1. The summed E-state index contributed by atoms with van der Waals surface area (Å²) in [4.78, 5) is 15.1. The Morgan fingerprint density at radius 3 is 2.69 bits per heavy atom. The second-order valence-electron chi connectivity index (χ2n) is 8.90. The molecular formula is C27H24F2N6O. The van der Waals surface area contributed by atoms with Crippen molar-refractivity contribution in [3.63, 3.8) is 0 Å². The first-order valence-electron chi connectivity index (χ1n) is 11.8. The molecule has 36 heavy (non-hydrogen) atoms. The fourth-order valence-corrected chi connectivity index (χ4v) is 4.77. The molecule has 1 saturated heterocycles. The summed E-state index contributed by atoms with van der Waals surface area (Å²) in [5.74, 6) is -1.31. The van der Waals surface area contributed by atoms with Gasteiger partial charge in [0.15, 0.2) is 0 Å². The highest BCUT2D eigenvalue weighted by molar-refractivity contribution is 5.98. The second-order valence-corrected chi connectivity index (χ2v) is 8.90. The second kappa shape index (κ2) is 9.47. The third-order valence-corrected chi connectivity index (χ3v) is 6.62. The summed E-state index contributed by atoms with van der Waals surface area (Å²) < 4.78 is 31.4. The van der Waals surface area contributed by atoms with Crippen molar-refractivity contribution in [3.8, 4) is 28.3 Å². The van der Waals surface area contributed by atoms with Crippen LogP contribution >= 0.6 is 0 Å². The third-order valence-electron chi connectivity index (χ3n) is 6.62. The monoisotopic (exact) mass is 486 g/mol. The zero-order valence-electron chi connectivity index (χ0n) is 19.9. The van der Waals surface area contributed by atoms with E-state index in [2.05, 4.69) is 15.6 Å². The van der Waals surface area contributed by atoms with Crippen molar-refractivity contribution in [2.24, 2.45) is 7.05 Å². The number of rotatable bonds is 5. The molecule has 9 heteroatoms. The molecule has 1 aromatic heterocycles. The lowest BCUT2D eigenvalue weighted by molar-refractivity contribution is 0.0789. The molecule has 1 fully saturated rings. The minimum absolute atomic E-state index is 0.0915. The van der Waals surface area contributed by atoms with Crippen LogP contribution in [0.5, 0.6) is 0 Å². The average Bonchev–Trinajstić information content (AvgIpc) is 3.49. The summed E-state index contributed by atoms with van der Waals surface area (Å²) in [6.07, 6.45) is 0.870. The maximum absolute atomic E-state index is 15.3. The van der Waals surface area contributed by atoms with Crippen LogP contribution in [0.1, 0.15) is 29.3 Å². The molecule has 182 valence electrons. The van der Waals surface area contributed by atoms with E-state index in [9.17, 15) is 9.18 Å². The minimum atomic E-state index is -0.685. The molecule has 1 aliphatic heterocycles. The number of aryl methyl sites for hydroxylation is 1. The third kappa shape index (κ3) is 4.20. The molecular weight excluding hydrogens is 462 g/mol. The summed E-state index contributed by atoms with van der Waals surface area (Å²) in [6.45, 7) is 4.10. The average molecular weight is 487 g/mol. The molecule has 5 rings (SSSR count). The van der Waals surface area contributed by atoms with Gasteiger partial charge in [-0.25, -0.2) is 13.5 Å². The van der Waals surface area contributed by atoms with Crippen molar-refractivity contribution >= 4 is 16.9 Å². The van der Waals surface area contributed by atoms with Crippen LogP contribution in [0, 0.1) is 23.0 Å². The number of carbonyl (C=O) groups is 1. The number of nitriles is 1. The van der Waals surface area contributed by atoms with E-state index in [-0.39, 0.29) is 23.1 Å². The van der Waals surface area contributed by atoms with Crippen molar-refractivity contribution in [2.45, 2.75) is 19.4 Å². The van der Waals surface area contributed by atoms with Gasteiger partial charge in [0.05, 0.1) is 11.1 Å². The number of aromatic nitrogens is 3. The number of hydrogen-bond donors (Lipinski definition) is 1. The standard InChI is InChI=1S/C27H24F2N6O/c1-3-31-19-8-9-35(15-19)27(36)17-6-7-20(21(10-17)16-4-5-18(14-30)23(28)11-16)22-12-25-26(13-24(22)29)34(2)33-32-25/h4-7,10-13,19,31H,3,8-9,15H2,1-2H3/t19-/m0/s1. The predicted molar refractivity (Wildman–Crippen MR) is 132 cm³/mol. The van der Waals surface area contributed by atoms with E-state index in [0.29, 0.717) is 46.4 Å². The number of nitrogens with zero attached hydrogens (tertiary/aromatic N) is 5. The smallest absolute Gasteiger partial charge is 0.253 e. The van der Waals surface area contributed by atoms with Crippen LogP contribution in [-0.2, 0) is 7.05 Å². The lowest BCUT2D eigenvalue weighted by Crippen LogP contribution is -2.35. The minimum Gasteiger partial charge on any atom is -0.337 e. The van der Waals surface area contributed by atoms with Crippen molar-refractivity contribution in [3.05, 3.63) is 71.3 Å². The summed E-state index contributed by atoms with van der Waals surface area (Å²) in [7, 11) is 1.68. The van der Waals surface area contributed by atoms with Gasteiger partial charge < -0.3 is 10.2 Å². The maximum Gasteiger partial charge on any atom is 0.253 e. The zero-order valence-corrected chi connectivity index (χ0v) is 19.9.